The van der Waals surface area contributed by atoms with Gasteiger partial charge in [-0.05, 0) is 54.2 Å². The van der Waals surface area contributed by atoms with Gasteiger partial charge >= 0.3 is 5.97 Å². The molecule has 4 aromatic rings. The summed E-state index contributed by atoms with van der Waals surface area (Å²) >= 11 is 0. The van der Waals surface area contributed by atoms with E-state index < -0.39 is 42.0 Å². The van der Waals surface area contributed by atoms with Crippen molar-refractivity contribution in [3.8, 4) is 5.75 Å². The highest BCUT2D eigenvalue weighted by Gasteiger charge is 2.38. The van der Waals surface area contributed by atoms with Crippen LogP contribution in [0.4, 0.5) is 0 Å². The van der Waals surface area contributed by atoms with Crippen LogP contribution in [0, 0.1) is 0 Å². The highest BCUT2D eigenvalue weighted by atomic mass is 16.4. The first-order valence-corrected chi connectivity index (χ1v) is 15.0. The zero-order valence-electron chi connectivity index (χ0n) is 24.7. The molecule has 3 aromatic carbocycles. The van der Waals surface area contributed by atoms with Crippen molar-refractivity contribution < 1.29 is 29.4 Å². The predicted molar refractivity (Wildman–Crippen MR) is 168 cm³/mol. The van der Waals surface area contributed by atoms with Crippen LogP contribution < -0.4 is 16.4 Å². The third-order valence-corrected chi connectivity index (χ3v) is 8.18. The van der Waals surface area contributed by atoms with Gasteiger partial charge in [0.15, 0.2) is 0 Å². The third kappa shape index (κ3) is 7.68. The minimum absolute atomic E-state index is 0.0285. The Labute approximate surface area is 260 Å². The first kappa shape index (κ1) is 31.3. The summed E-state index contributed by atoms with van der Waals surface area (Å²) in [6.45, 7) is 0.367. The van der Waals surface area contributed by atoms with Crippen LogP contribution in [0.3, 0.4) is 0 Å². The molecule has 1 fully saturated rings. The number of likely N-dealkylation sites (tertiary alicyclic amines) is 1. The molecule has 0 aliphatic carbocycles. The summed E-state index contributed by atoms with van der Waals surface area (Å²) in [5, 5.41) is 25.8. The average molecular weight is 612 g/mol. The number of hydrogen-bond donors (Lipinski definition) is 6. The topological polar surface area (TPSA) is 178 Å². The molecule has 1 aliphatic rings. The highest BCUT2D eigenvalue weighted by molar-refractivity contribution is 5.95. The Kier molecular flexibility index (Phi) is 9.79. The van der Waals surface area contributed by atoms with Crippen molar-refractivity contribution >= 4 is 34.6 Å². The Morgan fingerprint density at radius 2 is 1.56 bits per heavy atom. The fourth-order valence-electron chi connectivity index (χ4n) is 5.81. The highest BCUT2D eigenvalue weighted by Crippen LogP contribution is 2.22. The van der Waals surface area contributed by atoms with E-state index in [9.17, 15) is 29.4 Å². The fraction of sp³-hybridized carbons (Fsp3) is 0.294. The van der Waals surface area contributed by atoms with Crippen LogP contribution in [0.2, 0.25) is 0 Å². The monoisotopic (exact) mass is 611 g/mol. The van der Waals surface area contributed by atoms with Gasteiger partial charge in [-0.2, -0.15) is 0 Å². The molecule has 1 aromatic heterocycles. The Hall–Kier alpha value is -5.16. The number of aliphatic carboxylic acids is 1. The van der Waals surface area contributed by atoms with Gasteiger partial charge in [0.1, 0.15) is 23.9 Å². The van der Waals surface area contributed by atoms with Crippen molar-refractivity contribution in [3.63, 3.8) is 0 Å². The molecule has 45 heavy (non-hydrogen) atoms. The Balaban J connectivity index is 1.34. The summed E-state index contributed by atoms with van der Waals surface area (Å²) in [4.78, 5) is 57.6. The van der Waals surface area contributed by atoms with Gasteiger partial charge in [0.05, 0.1) is 6.04 Å². The second-order valence-corrected chi connectivity index (χ2v) is 11.4. The largest absolute Gasteiger partial charge is 0.508 e. The number of nitrogens with two attached hydrogens (primary N) is 1. The Morgan fingerprint density at radius 1 is 0.867 bits per heavy atom. The molecule has 4 atom stereocenters. The lowest BCUT2D eigenvalue weighted by Gasteiger charge is -2.29. The number of benzene rings is 3. The van der Waals surface area contributed by atoms with Crippen molar-refractivity contribution in [3.05, 3.63) is 102 Å². The second-order valence-electron chi connectivity index (χ2n) is 11.4. The van der Waals surface area contributed by atoms with Gasteiger partial charge in [0.2, 0.25) is 17.7 Å². The molecule has 234 valence electrons. The van der Waals surface area contributed by atoms with Crippen LogP contribution in [0.1, 0.15) is 29.5 Å². The number of carboxylic acid groups (broad SMARTS) is 1. The lowest BCUT2D eigenvalue weighted by Crippen LogP contribution is -2.57. The lowest BCUT2D eigenvalue weighted by molar-refractivity contribution is -0.143. The standard InChI is InChI=1S/C34H37N5O6/c35-26(17-21-7-2-1-3-8-21)33(43)39-16-6-11-30(39)32(42)37-28(19-23-20-36-27-10-5-4-9-25(23)27)31(41)38-29(34(44)45)18-22-12-14-24(40)15-13-22/h1-5,7-10,12-15,20,26,28-30,36,40H,6,11,16-19,35H2,(H,37,42)(H,38,41)(H,44,45). The zero-order chi connectivity index (χ0) is 31.9. The number of nitrogens with zero attached hydrogens (tertiary/aromatic N) is 1. The summed E-state index contributed by atoms with van der Waals surface area (Å²) in [6, 6.07) is 18.9. The Bertz CT molecular complexity index is 1650. The number of amides is 3. The number of carbonyl (C=O) groups is 4. The van der Waals surface area contributed by atoms with Crippen LogP contribution in [0.5, 0.6) is 5.75 Å². The molecule has 5 rings (SSSR count). The number of carboxylic acids is 1. The number of carbonyl (C=O) groups excluding carboxylic acids is 3. The normalized spacial score (nSPS) is 16.6. The molecule has 2 heterocycles. The first-order valence-electron chi connectivity index (χ1n) is 15.0. The predicted octanol–water partition coefficient (Wildman–Crippen LogP) is 2.27. The molecule has 1 saturated heterocycles. The van der Waals surface area contributed by atoms with Crippen molar-refractivity contribution in [2.45, 2.75) is 56.3 Å². The van der Waals surface area contributed by atoms with Gasteiger partial charge in [-0.3, -0.25) is 14.4 Å². The van der Waals surface area contributed by atoms with Crippen LogP contribution >= 0.6 is 0 Å². The number of aromatic nitrogens is 1. The molecule has 0 spiro atoms. The summed E-state index contributed by atoms with van der Waals surface area (Å²) in [5.41, 5.74) is 9.41. The minimum Gasteiger partial charge on any atom is -0.508 e. The number of hydrogen-bond acceptors (Lipinski definition) is 6. The van der Waals surface area contributed by atoms with Gasteiger partial charge < -0.3 is 36.5 Å². The number of aromatic hydroxyl groups is 1. The number of rotatable bonds is 12. The van der Waals surface area contributed by atoms with Gasteiger partial charge in [0, 0.05) is 36.5 Å². The lowest BCUT2D eigenvalue weighted by atomic mass is 10.0. The molecule has 3 amide bonds. The smallest absolute Gasteiger partial charge is 0.326 e. The number of phenolic OH excluding ortho intramolecular Hbond substituents is 1. The number of nitrogens with one attached hydrogen (secondary N) is 3. The zero-order valence-corrected chi connectivity index (χ0v) is 24.7. The first-order chi connectivity index (χ1) is 21.7. The molecular formula is C34H37N5O6. The SMILES string of the molecule is NC(Cc1ccccc1)C(=O)N1CCCC1C(=O)NC(Cc1c[nH]c2ccccc12)C(=O)NC(Cc1ccc(O)cc1)C(=O)O. The maximum Gasteiger partial charge on any atom is 0.326 e. The van der Waals surface area contributed by atoms with Crippen molar-refractivity contribution in [2.24, 2.45) is 5.73 Å². The van der Waals surface area contributed by atoms with Crippen molar-refractivity contribution in [2.75, 3.05) is 6.54 Å². The van der Waals surface area contributed by atoms with E-state index in [1.165, 1.54) is 17.0 Å². The molecule has 1 aliphatic heterocycles. The minimum atomic E-state index is -1.29. The van der Waals surface area contributed by atoms with E-state index in [-0.39, 0.29) is 24.5 Å². The number of fused-ring (bicyclic) bond motifs is 1. The van der Waals surface area contributed by atoms with Crippen LogP contribution in [0.25, 0.3) is 10.9 Å². The summed E-state index contributed by atoms with van der Waals surface area (Å²) in [7, 11) is 0. The van der Waals surface area contributed by atoms with Gasteiger partial charge in [-0.1, -0.05) is 60.7 Å². The fourth-order valence-corrected chi connectivity index (χ4v) is 5.81. The van der Waals surface area contributed by atoms with E-state index in [4.69, 9.17) is 5.73 Å². The molecule has 4 unspecified atom stereocenters. The third-order valence-electron chi connectivity index (χ3n) is 8.18. The van der Waals surface area contributed by atoms with E-state index in [1.807, 2.05) is 54.6 Å². The van der Waals surface area contributed by atoms with E-state index in [0.717, 1.165) is 22.0 Å². The van der Waals surface area contributed by atoms with Crippen LogP contribution in [0.15, 0.2) is 85.1 Å². The molecule has 11 nitrogen and oxygen atoms in total. The molecule has 7 N–H and O–H groups in total. The number of phenols is 1. The Morgan fingerprint density at radius 3 is 2.29 bits per heavy atom. The van der Waals surface area contributed by atoms with Gasteiger partial charge in [0.25, 0.3) is 0 Å². The molecule has 0 bridgehead atoms. The molecule has 11 heteroatoms. The van der Waals surface area contributed by atoms with Gasteiger partial charge in [-0.25, -0.2) is 4.79 Å². The summed E-state index contributed by atoms with van der Waals surface area (Å²) < 4.78 is 0. The quantitative estimate of drug-likeness (QED) is 0.142. The average Bonchev–Trinajstić information content (AvgIpc) is 3.69. The molecule has 0 radical (unpaired) electrons. The van der Waals surface area contributed by atoms with E-state index in [1.54, 1.807) is 18.3 Å². The molecule has 0 saturated carbocycles. The van der Waals surface area contributed by atoms with Crippen molar-refractivity contribution in [1.82, 2.24) is 20.5 Å². The second kappa shape index (κ2) is 14.1. The number of H-pyrrole nitrogens is 1. The van der Waals surface area contributed by atoms with Crippen LogP contribution in [-0.2, 0) is 38.4 Å². The maximum absolute atomic E-state index is 13.7. The van der Waals surface area contributed by atoms with E-state index >= 15 is 0 Å². The molecular weight excluding hydrogens is 574 g/mol. The summed E-state index contributed by atoms with van der Waals surface area (Å²) in [5.74, 6) is -2.71. The van der Waals surface area contributed by atoms with E-state index in [0.29, 0.717) is 31.4 Å². The summed E-state index contributed by atoms with van der Waals surface area (Å²) in [6.07, 6.45) is 3.16. The van der Waals surface area contributed by atoms with Crippen LogP contribution in [-0.4, -0.2) is 74.5 Å². The maximum atomic E-state index is 13.7. The number of para-hydroxylation sites is 1. The van der Waals surface area contributed by atoms with E-state index in [2.05, 4.69) is 15.6 Å². The number of aromatic amines is 1. The van der Waals surface area contributed by atoms with Gasteiger partial charge in [-0.15, -0.1) is 0 Å². The van der Waals surface area contributed by atoms with Crippen molar-refractivity contribution in [1.29, 1.82) is 0 Å².